The van der Waals surface area contributed by atoms with E-state index in [1.165, 1.54) is 64.2 Å². The Hall–Kier alpha value is -6.17. The van der Waals surface area contributed by atoms with Crippen molar-refractivity contribution >= 4 is 58.9 Å². The lowest BCUT2D eigenvalue weighted by molar-refractivity contribution is 0.661. The first-order valence-electron chi connectivity index (χ1n) is 18.2. The van der Waals surface area contributed by atoms with Crippen LogP contribution in [0, 0.1) is 0 Å². The molecule has 0 unspecified atom stereocenters. The van der Waals surface area contributed by atoms with Gasteiger partial charge in [0, 0.05) is 53.2 Å². The molecule has 5 heteroatoms. The number of nitrogens with zero attached hydrogens (tertiary/aromatic N) is 4. The molecule has 0 aliphatic heterocycles. The lowest BCUT2D eigenvalue weighted by atomic mass is 9.82. The molecule has 53 heavy (non-hydrogen) atoms. The molecule has 0 radical (unpaired) electrons. The van der Waals surface area contributed by atoms with Gasteiger partial charge in [0.1, 0.15) is 0 Å². The third-order valence-electron chi connectivity index (χ3n) is 10.9. The molecule has 1 aliphatic rings. The van der Waals surface area contributed by atoms with Crippen molar-refractivity contribution < 1.29 is 0 Å². The number of fused-ring (bicyclic) bond motifs is 9. The van der Waals surface area contributed by atoms with E-state index in [4.69, 9.17) is 15.0 Å². The molecule has 6 aromatic carbocycles. The number of thiophene rings is 1. The standard InChI is InChI=1S/C48H36N4S/c1-5-6-16-29(2)45-49-46(30-17-8-7-9-18-30)51-47(50-45)38-26-31(25-37-34-21-12-15-24-43(34)53-44(37)38)52-41-23-14-11-20-33(41)36-27-40-35(28-42(36)52)32-19-10-13-22-39(32)48(40,3)4/h5-28H,1-4H3/b6-5-,29-16+. The average Bonchev–Trinajstić information content (AvgIpc) is 3.81. The van der Waals surface area contributed by atoms with Gasteiger partial charge in [-0.05, 0) is 78.1 Å². The summed E-state index contributed by atoms with van der Waals surface area (Å²) in [4.78, 5) is 15.4. The van der Waals surface area contributed by atoms with Crippen LogP contribution in [-0.2, 0) is 5.41 Å². The van der Waals surface area contributed by atoms with Crippen LogP contribution in [0.3, 0.4) is 0 Å². The van der Waals surface area contributed by atoms with Gasteiger partial charge in [-0.3, -0.25) is 0 Å². The van der Waals surface area contributed by atoms with Crippen LogP contribution in [0.2, 0.25) is 0 Å². The molecule has 9 aromatic rings. The van der Waals surface area contributed by atoms with Gasteiger partial charge in [0.15, 0.2) is 17.5 Å². The van der Waals surface area contributed by atoms with Gasteiger partial charge in [-0.2, -0.15) is 0 Å². The first-order chi connectivity index (χ1) is 25.9. The van der Waals surface area contributed by atoms with Crippen LogP contribution in [-0.4, -0.2) is 19.5 Å². The fourth-order valence-electron chi connectivity index (χ4n) is 8.25. The monoisotopic (exact) mass is 700 g/mol. The van der Waals surface area contributed by atoms with Crippen molar-refractivity contribution in [2.24, 2.45) is 0 Å². The predicted octanol–water partition coefficient (Wildman–Crippen LogP) is 13.0. The van der Waals surface area contributed by atoms with Gasteiger partial charge in [-0.15, -0.1) is 11.3 Å². The van der Waals surface area contributed by atoms with Crippen LogP contribution in [0.25, 0.3) is 87.1 Å². The first kappa shape index (κ1) is 31.6. The lowest BCUT2D eigenvalue weighted by Crippen LogP contribution is -2.14. The van der Waals surface area contributed by atoms with Crippen molar-refractivity contribution in [2.45, 2.75) is 33.1 Å². The number of aromatic nitrogens is 4. The van der Waals surface area contributed by atoms with Crippen LogP contribution in [0.5, 0.6) is 0 Å². The van der Waals surface area contributed by atoms with Crippen molar-refractivity contribution in [3.05, 3.63) is 163 Å². The highest BCUT2D eigenvalue weighted by molar-refractivity contribution is 7.26. The van der Waals surface area contributed by atoms with Crippen molar-refractivity contribution in [2.75, 3.05) is 0 Å². The molecule has 3 heterocycles. The van der Waals surface area contributed by atoms with Gasteiger partial charge >= 0.3 is 0 Å². The second-order valence-corrected chi connectivity index (χ2v) is 15.5. The van der Waals surface area contributed by atoms with Crippen LogP contribution < -0.4 is 0 Å². The van der Waals surface area contributed by atoms with Crippen LogP contribution in [0.15, 0.2) is 146 Å². The van der Waals surface area contributed by atoms with Gasteiger partial charge in [0.05, 0.1) is 11.0 Å². The number of benzene rings is 6. The van der Waals surface area contributed by atoms with Crippen molar-refractivity contribution in [3.63, 3.8) is 0 Å². The number of para-hydroxylation sites is 1. The summed E-state index contributed by atoms with van der Waals surface area (Å²) in [5.74, 6) is 1.99. The lowest BCUT2D eigenvalue weighted by Gasteiger charge is -2.21. The minimum absolute atomic E-state index is 0.0860. The number of allylic oxidation sites excluding steroid dienone is 4. The molecule has 0 fully saturated rings. The third kappa shape index (κ3) is 4.84. The summed E-state index contributed by atoms with van der Waals surface area (Å²) in [5, 5.41) is 4.93. The molecule has 0 saturated heterocycles. The average molecular weight is 701 g/mol. The zero-order valence-corrected chi connectivity index (χ0v) is 30.9. The summed E-state index contributed by atoms with van der Waals surface area (Å²) in [7, 11) is 0. The fraction of sp³-hybridized carbons (Fsp3) is 0.104. The van der Waals surface area contributed by atoms with Gasteiger partial charge in [0.2, 0.25) is 0 Å². The molecule has 4 nitrogen and oxygen atoms in total. The molecule has 0 spiro atoms. The molecule has 3 aromatic heterocycles. The number of rotatable bonds is 5. The smallest absolute Gasteiger partial charge is 0.165 e. The normalized spacial score (nSPS) is 13.8. The molecule has 0 amide bonds. The molecule has 0 saturated carbocycles. The van der Waals surface area contributed by atoms with Gasteiger partial charge < -0.3 is 4.57 Å². The van der Waals surface area contributed by atoms with Crippen molar-refractivity contribution in [1.82, 2.24) is 19.5 Å². The van der Waals surface area contributed by atoms with E-state index in [9.17, 15) is 0 Å². The van der Waals surface area contributed by atoms with Crippen LogP contribution in [0.4, 0.5) is 0 Å². The highest BCUT2D eigenvalue weighted by atomic mass is 32.1. The first-order valence-corrected chi connectivity index (χ1v) is 19.0. The zero-order chi connectivity index (χ0) is 35.8. The van der Waals surface area contributed by atoms with E-state index in [-0.39, 0.29) is 5.41 Å². The summed E-state index contributed by atoms with van der Waals surface area (Å²) in [6.07, 6.45) is 6.12. The summed E-state index contributed by atoms with van der Waals surface area (Å²) < 4.78 is 4.85. The minimum Gasteiger partial charge on any atom is -0.309 e. The van der Waals surface area contributed by atoms with E-state index in [1.54, 1.807) is 11.3 Å². The minimum atomic E-state index is -0.0860. The zero-order valence-electron chi connectivity index (χ0n) is 30.1. The van der Waals surface area contributed by atoms with Gasteiger partial charge in [-0.1, -0.05) is 123 Å². The van der Waals surface area contributed by atoms with E-state index in [0.717, 1.165) is 22.4 Å². The SMILES string of the molecule is C/C=C\C=C(/C)c1nc(-c2ccccc2)nc(-c2cc(-n3c4ccccc4c4cc5c(cc43)-c3ccccc3C5(C)C)cc3c2sc2ccccc23)n1. The highest BCUT2D eigenvalue weighted by Crippen LogP contribution is 2.51. The quantitative estimate of drug-likeness (QED) is 0.168. The largest absolute Gasteiger partial charge is 0.309 e. The van der Waals surface area contributed by atoms with E-state index < -0.39 is 0 Å². The van der Waals surface area contributed by atoms with E-state index in [0.29, 0.717) is 17.5 Å². The maximum absolute atomic E-state index is 5.22. The maximum Gasteiger partial charge on any atom is 0.165 e. The topological polar surface area (TPSA) is 43.6 Å². The molecular weight excluding hydrogens is 665 g/mol. The van der Waals surface area contributed by atoms with Crippen molar-refractivity contribution in [3.8, 4) is 39.6 Å². The Bertz CT molecular complexity index is 3000. The molecule has 0 bridgehead atoms. The Morgan fingerprint density at radius 3 is 2.21 bits per heavy atom. The second kappa shape index (κ2) is 11.9. The maximum atomic E-state index is 5.22. The second-order valence-electron chi connectivity index (χ2n) is 14.5. The van der Waals surface area contributed by atoms with Gasteiger partial charge in [-0.25, -0.2) is 15.0 Å². The number of hydrogen-bond acceptors (Lipinski definition) is 4. The van der Waals surface area contributed by atoms with E-state index in [1.807, 2.05) is 37.3 Å². The predicted molar refractivity (Wildman–Crippen MR) is 224 cm³/mol. The Morgan fingerprint density at radius 2 is 1.36 bits per heavy atom. The Morgan fingerprint density at radius 1 is 0.623 bits per heavy atom. The summed E-state index contributed by atoms with van der Waals surface area (Å²) >= 11 is 1.80. The number of hydrogen-bond donors (Lipinski definition) is 0. The van der Waals surface area contributed by atoms with Gasteiger partial charge in [0.25, 0.3) is 0 Å². The fourth-order valence-corrected chi connectivity index (χ4v) is 9.45. The summed E-state index contributed by atoms with van der Waals surface area (Å²) in [6.45, 7) is 8.79. The molecule has 0 N–H and O–H groups in total. The molecule has 0 atom stereocenters. The Kier molecular flexibility index (Phi) is 7.11. The molecule has 1 aliphatic carbocycles. The van der Waals surface area contributed by atoms with Crippen LogP contribution >= 0.6 is 11.3 Å². The van der Waals surface area contributed by atoms with E-state index in [2.05, 4.69) is 141 Å². The summed E-state index contributed by atoms with van der Waals surface area (Å²) in [5.41, 5.74) is 11.7. The molecule has 10 rings (SSSR count). The van der Waals surface area contributed by atoms with E-state index >= 15 is 0 Å². The highest BCUT2D eigenvalue weighted by Gasteiger charge is 2.36. The summed E-state index contributed by atoms with van der Waals surface area (Å²) in [6, 6.07) is 46.2. The van der Waals surface area contributed by atoms with Crippen LogP contribution in [0.1, 0.15) is 44.6 Å². The van der Waals surface area contributed by atoms with Crippen molar-refractivity contribution in [1.29, 1.82) is 0 Å². The Balaban J connectivity index is 1.30. The Labute approximate surface area is 312 Å². The molecular formula is C48H36N4S. The third-order valence-corrected chi connectivity index (χ3v) is 12.1. The molecule has 254 valence electrons.